The molecule has 1 aromatic heterocycles. The lowest BCUT2D eigenvalue weighted by Crippen LogP contribution is -2.46. The first-order chi connectivity index (χ1) is 16.5. The van der Waals surface area contributed by atoms with Gasteiger partial charge in [-0.1, -0.05) is 18.2 Å². The highest BCUT2D eigenvalue weighted by Crippen LogP contribution is 2.45. The first-order valence-corrected chi connectivity index (χ1v) is 11.1. The van der Waals surface area contributed by atoms with Crippen molar-refractivity contribution >= 4 is 28.7 Å². The molecule has 5 rings (SSSR count). The number of esters is 1. The molecular formula is C25H25N3O6. The molecule has 3 heterocycles. The van der Waals surface area contributed by atoms with Crippen LogP contribution >= 0.6 is 0 Å². The minimum atomic E-state index is -0.985. The van der Waals surface area contributed by atoms with Crippen LogP contribution in [0.1, 0.15) is 40.6 Å². The number of para-hydroxylation sites is 1. The number of benzene rings is 2. The van der Waals surface area contributed by atoms with Gasteiger partial charge in [-0.3, -0.25) is 14.5 Å². The normalized spacial score (nSPS) is 19.3. The third-order valence-electron chi connectivity index (χ3n) is 6.45. The molecule has 34 heavy (non-hydrogen) atoms. The van der Waals surface area contributed by atoms with Gasteiger partial charge in [-0.25, -0.2) is 4.79 Å². The Morgan fingerprint density at radius 1 is 1.18 bits per heavy atom. The topological polar surface area (TPSA) is 110 Å². The average molecular weight is 463 g/mol. The predicted molar refractivity (Wildman–Crippen MR) is 123 cm³/mol. The zero-order valence-electron chi connectivity index (χ0n) is 18.9. The fourth-order valence-corrected chi connectivity index (χ4v) is 4.82. The zero-order chi connectivity index (χ0) is 23.8. The van der Waals surface area contributed by atoms with Gasteiger partial charge in [-0.05, 0) is 36.6 Å². The molecule has 0 bridgehead atoms. The largest absolute Gasteiger partial charge is 0.493 e. The standard InChI is InChI=1S/C25H25N3O6/c1-32-19-9-7-16-21(22(19)33-2)25(31)34-24(16)28-18(8-10-20(28)29)23(30)26-12-11-14-13-27-17-6-4-3-5-15(14)17/h3-7,9,13,18,24,27H,8,10-12H2,1-2H3,(H,26,30)/t18-,24-/m0/s1. The Bertz CT molecular complexity index is 1280. The molecule has 9 nitrogen and oxygen atoms in total. The van der Waals surface area contributed by atoms with E-state index in [-0.39, 0.29) is 29.5 Å². The van der Waals surface area contributed by atoms with E-state index in [9.17, 15) is 14.4 Å². The van der Waals surface area contributed by atoms with Crippen LogP contribution in [0.4, 0.5) is 0 Å². The van der Waals surface area contributed by atoms with Crippen molar-refractivity contribution in [1.82, 2.24) is 15.2 Å². The predicted octanol–water partition coefficient (Wildman–Crippen LogP) is 2.70. The lowest BCUT2D eigenvalue weighted by molar-refractivity contribution is -0.145. The monoisotopic (exact) mass is 463 g/mol. The maximum Gasteiger partial charge on any atom is 0.344 e. The molecule has 9 heteroatoms. The second-order valence-corrected chi connectivity index (χ2v) is 8.28. The van der Waals surface area contributed by atoms with E-state index in [1.807, 2.05) is 30.5 Å². The summed E-state index contributed by atoms with van der Waals surface area (Å²) in [6.45, 7) is 0.422. The highest BCUT2D eigenvalue weighted by atomic mass is 16.6. The molecule has 0 aliphatic carbocycles. The summed E-state index contributed by atoms with van der Waals surface area (Å²) in [5, 5.41) is 4.06. The molecule has 1 fully saturated rings. The summed E-state index contributed by atoms with van der Waals surface area (Å²) in [6, 6.07) is 10.6. The van der Waals surface area contributed by atoms with Crippen molar-refractivity contribution in [2.24, 2.45) is 0 Å². The van der Waals surface area contributed by atoms with Gasteiger partial charge in [-0.2, -0.15) is 0 Å². The molecule has 0 unspecified atom stereocenters. The number of carbonyl (C=O) groups is 3. The van der Waals surface area contributed by atoms with E-state index in [1.165, 1.54) is 19.1 Å². The van der Waals surface area contributed by atoms with Gasteiger partial charge in [-0.15, -0.1) is 0 Å². The first kappa shape index (κ1) is 21.8. The van der Waals surface area contributed by atoms with E-state index in [0.29, 0.717) is 30.7 Å². The number of fused-ring (bicyclic) bond motifs is 2. The van der Waals surface area contributed by atoms with Gasteiger partial charge in [0, 0.05) is 35.6 Å². The molecule has 1 saturated heterocycles. The summed E-state index contributed by atoms with van der Waals surface area (Å²) >= 11 is 0. The number of hydrogen-bond acceptors (Lipinski definition) is 6. The van der Waals surface area contributed by atoms with Crippen molar-refractivity contribution in [3.05, 3.63) is 59.3 Å². The smallest absolute Gasteiger partial charge is 0.344 e. The second-order valence-electron chi connectivity index (χ2n) is 8.28. The van der Waals surface area contributed by atoms with Crippen LogP contribution in [0.3, 0.4) is 0 Å². The third kappa shape index (κ3) is 3.53. The number of carbonyl (C=O) groups excluding carboxylic acids is 3. The van der Waals surface area contributed by atoms with Crippen LogP contribution in [0.25, 0.3) is 10.9 Å². The molecule has 0 radical (unpaired) electrons. The van der Waals surface area contributed by atoms with Gasteiger partial charge < -0.3 is 24.5 Å². The minimum absolute atomic E-state index is 0.206. The Morgan fingerprint density at radius 2 is 2.00 bits per heavy atom. The molecule has 0 spiro atoms. The van der Waals surface area contributed by atoms with Crippen molar-refractivity contribution in [3.8, 4) is 11.5 Å². The number of aromatic amines is 1. The van der Waals surface area contributed by atoms with Crippen molar-refractivity contribution in [2.45, 2.75) is 31.5 Å². The van der Waals surface area contributed by atoms with E-state index < -0.39 is 18.2 Å². The Labute approximate surface area is 196 Å². The highest BCUT2D eigenvalue weighted by molar-refractivity contribution is 5.99. The Balaban J connectivity index is 1.33. The minimum Gasteiger partial charge on any atom is -0.493 e. The molecule has 2 aromatic carbocycles. The summed E-state index contributed by atoms with van der Waals surface area (Å²) in [5.41, 5.74) is 2.85. The molecule has 2 amide bonds. The summed E-state index contributed by atoms with van der Waals surface area (Å²) < 4.78 is 16.2. The van der Waals surface area contributed by atoms with Gasteiger partial charge in [0.1, 0.15) is 11.6 Å². The number of likely N-dealkylation sites (tertiary alicyclic amines) is 1. The fourth-order valence-electron chi connectivity index (χ4n) is 4.82. The van der Waals surface area contributed by atoms with E-state index in [1.54, 1.807) is 12.1 Å². The number of aromatic nitrogens is 1. The quantitative estimate of drug-likeness (QED) is 0.522. The molecular weight excluding hydrogens is 438 g/mol. The number of cyclic esters (lactones) is 1. The molecule has 2 aliphatic rings. The lowest BCUT2D eigenvalue weighted by Gasteiger charge is -2.29. The molecule has 2 N–H and O–H groups in total. The van der Waals surface area contributed by atoms with E-state index in [2.05, 4.69) is 10.3 Å². The average Bonchev–Trinajstić information content (AvgIpc) is 3.53. The van der Waals surface area contributed by atoms with Crippen LogP contribution in [-0.2, 0) is 20.7 Å². The number of H-pyrrole nitrogens is 1. The number of methoxy groups -OCH3 is 2. The highest BCUT2D eigenvalue weighted by Gasteiger charge is 2.47. The number of nitrogens with one attached hydrogen (secondary N) is 2. The van der Waals surface area contributed by atoms with Gasteiger partial charge in [0.15, 0.2) is 11.5 Å². The van der Waals surface area contributed by atoms with E-state index in [4.69, 9.17) is 14.2 Å². The first-order valence-electron chi connectivity index (χ1n) is 11.1. The summed E-state index contributed by atoms with van der Waals surface area (Å²) in [4.78, 5) is 43.1. The van der Waals surface area contributed by atoms with Crippen LogP contribution in [-0.4, -0.2) is 54.5 Å². The van der Waals surface area contributed by atoms with Gasteiger partial charge >= 0.3 is 5.97 Å². The number of rotatable bonds is 7. The SMILES string of the molecule is COc1ccc2c(c1OC)C(=O)O[C@@H]2N1C(=O)CC[C@H]1C(=O)NCCc1c[nH]c2ccccc12. The van der Waals surface area contributed by atoms with Crippen molar-refractivity contribution in [3.63, 3.8) is 0 Å². The number of hydrogen-bond donors (Lipinski definition) is 2. The Kier molecular flexibility index (Phi) is 5.61. The van der Waals surface area contributed by atoms with Crippen molar-refractivity contribution in [1.29, 1.82) is 0 Å². The van der Waals surface area contributed by atoms with Gasteiger partial charge in [0.25, 0.3) is 0 Å². The van der Waals surface area contributed by atoms with E-state index in [0.717, 1.165) is 16.5 Å². The van der Waals surface area contributed by atoms with Crippen LogP contribution in [0, 0.1) is 0 Å². The van der Waals surface area contributed by atoms with Crippen LogP contribution in [0.5, 0.6) is 11.5 Å². The molecule has 2 aliphatic heterocycles. The van der Waals surface area contributed by atoms with Crippen LogP contribution in [0.15, 0.2) is 42.6 Å². The zero-order valence-corrected chi connectivity index (χ0v) is 18.9. The molecule has 3 aromatic rings. The second kappa shape index (κ2) is 8.74. The fraction of sp³-hybridized carbons (Fsp3) is 0.320. The third-order valence-corrected chi connectivity index (χ3v) is 6.45. The number of nitrogens with zero attached hydrogens (tertiary/aromatic N) is 1. The maximum absolute atomic E-state index is 13.1. The molecule has 0 saturated carbocycles. The van der Waals surface area contributed by atoms with Crippen molar-refractivity contribution in [2.75, 3.05) is 20.8 Å². The van der Waals surface area contributed by atoms with Crippen molar-refractivity contribution < 1.29 is 28.6 Å². The Hall–Kier alpha value is -4.01. The van der Waals surface area contributed by atoms with E-state index >= 15 is 0 Å². The summed E-state index contributed by atoms with van der Waals surface area (Å²) in [5.74, 6) is -0.487. The van der Waals surface area contributed by atoms with Crippen LogP contribution < -0.4 is 14.8 Å². The van der Waals surface area contributed by atoms with Gasteiger partial charge in [0.2, 0.25) is 18.0 Å². The number of ether oxygens (including phenoxy) is 3. The number of amides is 2. The Morgan fingerprint density at radius 3 is 2.79 bits per heavy atom. The van der Waals surface area contributed by atoms with Gasteiger partial charge in [0.05, 0.1) is 14.2 Å². The summed E-state index contributed by atoms with van der Waals surface area (Å²) in [6.07, 6.45) is 2.17. The maximum atomic E-state index is 13.1. The van der Waals surface area contributed by atoms with Crippen LogP contribution in [0.2, 0.25) is 0 Å². The molecule has 176 valence electrons. The summed E-state index contributed by atoms with van der Waals surface area (Å²) in [7, 11) is 2.91. The molecule has 2 atom stereocenters. The lowest BCUT2D eigenvalue weighted by atomic mass is 10.0.